The van der Waals surface area contributed by atoms with Gasteiger partial charge in [0, 0.05) is 19.7 Å². The summed E-state index contributed by atoms with van der Waals surface area (Å²) in [4.78, 5) is 27.6. The first kappa shape index (κ1) is 27.0. The molecule has 0 spiro atoms. The van der Waals surface area contributed by atoms with Gasteiger partial charge in [-0.3, -0.25) is 13.9 Å². The number of sulfonamides is 1. The van der Waals surface area contributed by atoms with Gasteiger partial charge in [-0.1, -0.05) is 36.8 Å². The maximum absolute atomic E-state index is 13.6. The minimum atomic E-state index is -3.89. The fraction of sp³-hybridized carbons (Fsp3) is 0.417. The zero-order valence-corrected chi connectivity index (χ0v) is 21.3. The van der Waals surface area contributed by atoms with Crippen LogP contribution in [0.25, 0.3) is 0 Å². The quantitative estimate of drug-likeness (QED) is 0.517. The summed E-state index contributed by atoms with van der Waals surface area (Å²) >= 11 is 0. The molecule has 1 atom stereocenters. The third-order valence-corrected chi connectivity index (χ3v) is 6.57. The van der Waals surface area contributed by atoms with Crippen LogP contribution in [0.4, 0.5) is 5.69 Å². The van der Waals surface area contributed by atoms with Gasteiger partial charge in [-0.05, 0) is 31.0 Å². The molecule has 2 rings (SSSR count). The second kappa shape index (κ2) is 11.7. The lowest BCUT2D eigenvalue weighted by molar-refractivity contribution is -0.140. The van der Waals surface area contributed by atoms with Gasteiger partial charge >= 0.3 is 0 Å². The highest BCUT2D eigenvalue weighted by Gasteiger charge is 2.32. The molecule has 0 unspecified atom stereocenters. The number of amides is 2. The van der Waals surface area contributed by atoms with E-state index < -0.39 is 28.5 Å². The summed E-state index contributed by atoms with van der Waals surface area (Å²) in [6.45, 7) is 3.39. The van der Waals surface area contributed by atoms with Gasteiger partial charge < -0.3 is 19.7 Å². The fourth-order valence-electron chi connectivity index (χ4n) is 3.56. The summed E-state index contributed by atoms with van der Waals surface area (Å²) in [6.07, 6.45) is 1.37. The largest absolute Gasteiger partial charge is 0.497 e. The molecule has 0 saturated heterocycles. The Morgan fingerprint density at radius 2 is 1.71 bits per heavy atom. The van der Waals surface area contributed by atoms with Gasteiger partial charge in [0.1, 0.15) is 24.1 Å². The molecule has 2 aromatic carbocycles. The van der Waals surface area contributed by atoms with Crippen LogP contribution in [0, 0.1) is 6.92 Å². The maximum Gasteiger partial charge on any atom is 0.244 e. The van der Waals surface area contributed by atoms with Crippen molar-refractivity contribution in [2.24, 2.45) is 0 Å². The second-order valence-corrected chi connectivity index (χ2v) is 9.76. The zero-order chi connectivity index (χ0) is 25.5. The van der Waals surface area contributed by atoms with Crippen LogP contribution >= 0.6 is 0 Å². The van der Waals surface area contributed by atoms with Crippen LogP contribution in [0.2, 0.25) is 0 Å². The molecule has 0 aliphatic rings. The molecule has 2 aromatic rings. The third kappa shape index (κ3) is 6.63. The van der Waals surface area contributed by atoms with Crippen LogP contribution < -0.4 is 19.1 Å². The summed E-state index contributed by atoms with van der Waals surface area (Å²) in [5, 5.41) is 2.59. The highest BCUT2D eigenvalue weighted by Crippen LogP contribution is 2.34. The van der Waals surface area contributed by atoms with E-state index in [9.17, 15) is 18.0 Å². The van der Waals surface area contributed by atoms with Gasteiger partial charge in [0.15, 0.2) is 0 Å². The molecule has 10 heteroatoms. The number of hydrogen-bond acceptors (Lipinski definition) is 6. The molecule has 1 N–H and O–H groups in total. The number of carbonyl (C=O) groups excluding carboxylic acids is 2. The Labute approximate surface area is 201 Å². The minimum absolute atomic E-state index is 0.151. The van der Waals surface area contributed by atoms with Crippen LogP contribution in [-0.2, 0) is 26.2 Å². The van der Waals surface area contributed by atoms with Crippen molar-refractivity contribution in [2.75, 3.05) is 38.4 Å². The lowest BCUT2D eigenvalue weighted by atomic mass is 10.1. The average molecular weight is 492 g/mol. The minimum Gasteiger partial charge on any atom is -0.497 e. The number of benzene rings is 2. The Balaban J connectivity index is 2.51. The van der Waals surface area contributed by atoms with Crippen molar-refractivity contribution < 1.29 is 27.5 Å². The number of ether oxygens (including phenoxy) is 2. The van der Waals surface area contributed by atoms with Crippen LogP contribution in [-0.4, -0.2) is 65.2 Å². The van der Waals surface area contributed by atoms with Crippen LogP contribution in [0.5, 0.6) is 11.5 Å². The van der Waals surface area contributed by atoms with Crippen molar-refractivity contribution >= 4 is 27.5 Å². The smallest absolute Gasteiger partial charge is 0.244 e. The Kier molecular flexibility index (Phi) is 9.31. The molecule has 0 saturated carbocycles. The van der Waals surface area contributed by atoms with Crippen molar-refractivity contribution in [1.29, 1.82) is 0 Å². The van der Waals surface area contributed by atoms with Crippen LogP contribution in [0.3, 0.4) is 0 Å². The molecule has 0 radical (unpaired) electrons. The van der Waals surface area contributed by atoms with E-state index in [4.69, 9.17) is 9.47 Å². The molecule has 2 amide bonds. The van der Waals surface area contributed by atoms with E-state index in [2.05, 4.69) is 5.32 Å². The van der Waals surface area contributed by atoms with E-state index in [1.807, 2.05) is 31.2 Å². The number of likely N-dealkylation sites (N-methyl/N-ethyl adjacent to an activating group) is 1. The maximum atomic E-state index is 13.6. The van der Waals surface area contributed by atoms with Crippen molar-refractivity contribution in [3.63, 3.8) is 0 Å². The molecular weight excluding hydrogens is 458 g/mol. The Hall–Kier alpha value is -3.27. The van der Waals surface area contributed by atoms with Crippen molar-refractivity contribution in [1.82, 2.24) is 10.2 Å². The van der Waals surface area contributed by atoms with Gasteiger partial charge in [-0.15, -0.1) is 0 Å². The summed E-state index contributed by atoms with van der Waals surface area (Å²) in [5.41, 5.74) is 2.06. The highest BCUT2D eigenvalue weighted by molar-refractivity contribution is 7.92. The number of nitrogens with one attached hydrogen (secondary N) is 1. The number of nitrogens with zero attached hydrogens (tertiary/aromatic N) is 2. The summed E-state index contributed by atoms with van der Waals surface area (Å²) in [6, 6.07) is 11.5. The summed E-state index contributed by atoms with van der Waals surface area (Å²) < 4.78 is 37.1. The number of hydrogen-bond donors (Lipinski definition) is 1. The second-order valence-electron chi connectivity index (χ2n) is 7.85. The topological polar surface area (TPSA) is 105 Å². The predicted molar refractivity (Wildman–Crippen MR) is 132 cm³/mol. The zero-order valence-electron chi connectivity index (χ0n) is 20.5. The summed E-state index contributed by atoms with van der Waals surface area (Å²) in [5.74, 6) is -0.174. The van der Waals surface area contributed by atoms with Crippen molar-refractivity contribution in [2.45, 2.75) is 32.9 Å². The van der Waals surface area contributed by atoms with E-state index in [-0.39, 0.29) is 23.9 Å². The normalized spacial score (nSPS) is 11.9. The van der Waals surface area contributed by atoms with Crippen LogP contribution in [0.15, 0.2) is 42.5 Å². The first-order chi connectivity index (χ1) is 16.0. The first-order valence-corrected chi connectivity index (χ1v) is 12.7. The van der Waals surface area contributed by atoms with Gasteiger partial charge in [0.2, 0.25) is 21.8 Å². The van der Waals surface area contributed by atoms with Crippen LogP contribution in [0.1, 0.15) is 24.5 Å². The highest BCUT2D eigenvalue weighted by atomic mass is 32.2. The van der Waals surface area contributed by atoms with E-state index in [0.29, 0.717) is 12.2 Å². The van der Waals surface area contributed by atoms with Crippen molar-refractivity contribution in [3.05, 3.63) is 53.6 Å². The monoisotopic (exact) mass is 491 g/mol. The molecule has 0 fully saturated rings. The number of carbonyl (C=O) groups is 2. The molecule has 0 aliphatic heterocycles. The number of aryl methyl sites for hydroxylation is 1. The predicted octanol–water partition coefficient (Wildman–Crippen LogP) is 2.33. The lowest BCUT2D eigenvalue weighted by Crippen LogP contribution is -2.51. The number of rotatable bonds is 11. The van der Waals surface area contributed by atoms with E-state index in [1.165, 1.54) is 32.2 Å². The SMILES string of the molecule is CC[C@H](C(=O)NC)N(Cc1ccc(C)cc1)C(=O)CN(c1cc(OC)ccc1OC)S(C)(=O)=O. The molecule has 34 heavy (non-hydrogen) atoms. The summed E-state index contributed by atoms with van der Waals surface area (Å²) in [7, 11) is 0.483. The lowest BCUT2D eigenvalue weighted by Gasteiger charge is -2.33. The molecule has 9 nitrogen and oxygen atoms in total. The van der Waals surface area contributed by atoms with Gasteiger partial charge in [-0.2, -0.15) is 0 Å². The van der Waals surface area contributed by atoms with Crippen molar-refractivity contribution in [3.8, 4) is 11.5 Å². The van der Waals surface area contributed by atoms with Gasteiger partial charge in [0.05, 0.1) is 26.2 Å². The van der Waals surface area contributed by atoms with Gasteiger partial charge in [-0.25, -0.2) is 8.42 Å². The molecular formula is C24H33N3O6S. The Morgan fingerprint density at radius 3 is 2.21 bits per heavy atom. The standard InChI is InChI=1S/C24H33N3O6S/c1-7-20(24(29)25-3)26(15-18-10-8-17(2)9-11-18)23(28)16-27(34(6,30)31)21-14-19(32-4)12-13-22(21)33-5/h8-14,20H,7,15-16H2,1-6H3,(H,25,29)/t20-/m1/s1. The molecule has 0 aromatic heterocycles. The first-order valence-electron chi connectivity index (χ1n) is 10.8. The Morgan fingerprint density at radius 1 is 1.06 bits per heavy atom. The molecule has 186 valence electrons. The number of methoxy groups -OCH3 is 2. The number of anilines is 1. The molecule has 0 heterocycles. The fourth-order valence-corrected chi connectivity index (χ4v) is 4.41. The van der Waals surface area contributed by atoms with E-state index >= 15 is 0 Å². The average Bonchev–Trinajstić information content (AvgIpc) is 2.82. The molecule has 0 aliphatic carbocycles. The third-order valence-electron chi connectivity index (χ3n) is 5.44. The van der Waals surface area contributed by atoms with Gasteiger partial charge in [0.25, 0.3) is 0 Å². The Bertz CT molecular complexity index is 1100. The van der Waals surface area contributed by atoms with E-state index in [0.717, 1.165) is 21.7 Å². The molecule has 0 bridgehead atoms. The van der Waals surface area contributed by atoms with E-state index in [1.54, 1.807) is 19.1 Å².